The lowest BCUT2D eigenvalue weighted by molar-refractivity contribution is -0.132. The van der Waals surface area contributed by atoms with Crippen molar-refractivity contribution in [3.8, 4) is 0 Å². The van der Waals surface area contributed by atoms with Crippen LogP contribution in [0.15, 0.2) is 36.4 Å². The summed E-state index contributed by atoms with van der Waals surface area (Å²) in [5.74, 6) is -0.284. The van der Waals surface area contributed by atoms with E-state index in [1.807, 2.05) is 37.3 Å². The van der Waals surface area contributed by atoms with Gasteiger partial charge in [-0.3, -0.25) is 19.1 Å². The summed E-state index contributed by atoms with van der Waals surface area (Å²) < 4.78 is 1.47. The number of nitrogens with zero attached hydrogens (tertiary/aromatic N) is 3. The van der Waals surface area contributed by atoms with E-state index in [2.05, 4.69) is 29.6 Å². The third-order valence-electron chi connectivity index (χ3n) is 6.17. The van der Waals surface area contributed by atoms with Gasteiger partial charge in [-0.05, 0) is 30.7 Å². The quantitative estimate of drug-likeness (QED) is 0.660. The normalized spacial score (nSPS) is 18.9. The Balaban J connectivity index is 1.69. The molecule has 1 aromatic carbocycles. The number of aromatic nitrogens is 2. The number of rotatable bonds is 8. The van der Waals surface area contributed by atoms with Crippen LogP contribution in [0.4, 0.5) is 0 Å². The van der Waals surface area contributed by atoms with E-state index in [4.69, 9.17) is 0 Å². The summed E-state index contributed by atoms with van der Waals surface area (Å²) in [7, 11) is 1.61. The highest BCUT2D eigenvalue weighted by Gasteiger charge is 2.46. The number of amides is 3. The van der Waals surface area contributed by atoms with E-state index >= 15 is 0 Å². The molecular formula is C24H33N5O3. The van der Waals surface area contributed by atoms with E-state index in [1.54, 1.807) is 14.0 Å². The molecule has 2 N–H and O–H groups in total. The first kappa shape index (κ1) is 23.5. The number of hydrogen-bond donors (Lipinski definition) is 2. The zero-order chi connectivity index (χ0) is 23.5. The smallest absolute Gasteiger partial charge is 0.272 e. The molecule has 3 rings (SSSR count). The van der Waals surface area contributed by atoms with Crippen molar-refractivity contribution < 1.29 is 14.4 Å². The van der Waals surface area contributed by atoms with Crippen LogP contribution in [0.5, 0.6) is 0 Å². The first-order valence-corrected chi connectivity index (χ1v) is 11.1. The van der Waals surface area contributed by atoms with Crippen LogP contribution >= 0.6 is 0 Å². The molecule has 2 aromatic rings. The van der Waals surface area contributed by atoms with Crippen molar-refractivity contribution in [2.24, 2.45) is 5.92 Å². The molecule has 8 nitrogen and oxygen atoms in total. The summed E-state index contributed by atoms with van der Waals surface area (Å²) in [5, 5.41) is 10.2. The molecule has 1 aliphatic rings. The molecule has 3 amide bonds. The van der Waals surface area contributed by atoms with Crippen LogP contribution in [-0.4, -0.2) is 58.1 Å². The molecule has 0 fully saturated rings. The number of benzene rings is 1. The van der Waals surface area contributed by atoms with Crippen molar-refractivity contribution in [3.05, 3.63) is 53.3 Å². The lowest BCUT2D eigenvalue weighted by Gasteiger charge is -2.40. The largest absolute Gasteiger partial charge is 0.354 e. The fraction of sp³-hybridized carbons (Fsp3) is 0.500. The lowest BCUT2D eigenvalue weighted by Crippen LogP contribution is -2.62. The molecule has 0 aliphatic carbocycles. The van der Waals surface area contributed by atoms with Crippen LogP contribution < -0.4 is 10.6 Å². The van der Waals surface area contributed by atoms with Crippen LogP contribution in [0.2, 0.25) is 0 Å². The van der Waals surface area contributed by atoms with Crippen molar-refractivity contribution in [1.29, 1.82) is 0 Å². The molecule has 2 atom stereocenters. The first-order valence-electron chi connectivity index (χ1n) is 11.1. The maximum Gasteiger partial charge on any atom is 0.272 e. The van der Waals surface area contributed by atoms with Crippen LogP contribution in [-0.2, 0) is 11.3 Å². The van der Waals surface area contributed by atoms with Gasteiger partial charge < -0.3 is 15.5 Å². The number of nitrogens with one attached hydrogen (secondary N) is 2. The Morgan fingerprint density at radius 3 is 2.50 bits per heavy atom. The van der Waals surface area contributed by atoms with Crippen LogP contribution in [0.1, 0.15) is 66.6 Å². The van der Waals surface area contributed by atoms with E-state index in [-0.39, 0.29) is 35.9 Å². The summed E-state index contributed by atoms with van der Waals surface area (Å²) >= 11 is 0. The van der Waals surface area contributed by atoms with Crippen molar-refractivity contribution in [3.63, 3.8) is 0 Å². The minimum Gasteiger partial charge on any atom is -0.354 e. The minimum absolute atomic E-state index is 0.142. The van der Waals surface area contributed by atoms with Gasteiger partial charge in [0.1, 0.15) is 11.2 Å². The highest BCUT2D eigenvalue weighted by atomic mass is 16.2. The van der Waals surface area contributed by atoms with Gasteiger partial charge in [0.15, 0.2) is 5.69 Å². The molecular weight excluding hydrogens is 406 g/mol. The van der Waals surface area contributed by atoms with E-state index in [9.17, 15) is 14.4 Å². The number of hydrogen-bond acceptors (Lipinski definition) is 4. The average Bonchev–Trinajstić information content (AvgIpc) is 3.19. The standard InChI is InChI=1S/C24H33N5O3/c1-16(2)11-12-25-23(32)24(4)15-29-20(22(31)28(24)5)13-19(27-29)21(30)26-14-17(3)18-9-7-6-8-10-18/h6-10,13,16-17H,11-12,14-15H2,1-5H3,(H,25,32)(H,26,30)/t17-,24+/m0/s1. The predicted octanol–water partition coefficient (Wildman–Crippen LogP) is 2.42. The monoisotopic (exact) mass is 439 g/mol. The highest BCUT2D eigenvalue weighted by molar-refractivity contribution is 6.01. The second-order valence-corrected chi connectivity index (χ2v) is 9.17. The first-order chi connectivity index (χ1) is 15.1. The molecule has 1 aliphatic heterocycles. The fourth-order valence-corrected chi connectivity index (χ4v) is 3.74. The Bertz CT molecular complexity index is 985. The lowest BCUT2D eigenvalue weighted by atomic mass is 9.95. The van der Waals surface area contributed by atoms with Gasteiger partial charge in [-0.2, -0.15) is 5.10 Å². The number of fused-ring (bicyclic) bond motifs is 1. The summed E-state index contributed by atoms with van der Waals surface area (Å²) in [4.78, 5) is 40.0. The molecule has 32 heavy (non-hydrogen) atoms. The zero-order valence-electron chi connectivity index (χ0n) is 19.5. The van der Waals surface area contributed by atoms with Gasteiger partial charge in [-0.25, -0.2) is 0 Å². The van der Waals surface area contributed by atoms with E-state index in [0.29, 0.717) is 24.7 Å². The highest BCUT2D eigenvalue weighted by Crippen LogP contribution is 2.26. The Morgan fingerprint density at radius 1 is 1.16 bits per heavy atom. The molecule has 0 saturated carbocycles. The molecule has 172 valence electrons. The SMILES string of the molecule is CC(C)CCNC(=O)[C@@]1(C)Cn2nc(C(=O)NC[C@H](C)c3ccccc3)cc2C(=O)N1C. The zero-order valence-corrected chi connectivity index (χ0v) is 19.5. The fourth-order valence-electron chi connectivity index (χ4n) is 3.74. The number of likely N-dealkylation sites (N-methyl/N-ethyl adjacent to an activating group) is 1. The van der Waals surface area contributed by atoms with Crippen LogP contribution in [0, 0.1) is 5.92 Å². The number of carbonyl (C=O) groups is 3. The molecule has 0 saturated heterocycles. The maximum absolute atomic E-state index is 13.0. The van der Waals surface area contributed by atoms with Gasteiger partial charge in [-0.15, -0.1) is 0 Å². The van der Waals surface area contributed by atoms with Crippen LogP contribution in [0.25, 0.3) is 0 Å². The molecule has 0 unspecified atom stereocenters. The van der Waals surface area contributed by atoms with Crippen molar-refractivity contribution in [2.75, 3.05) is 20.1 Å². The van der Waals surface area contributed by atoms with Crippen molar-refractivity contribution in [2.45, 2.75) is 52.1 Å². The van der Waals surface area contributed by atoms with Crippen molar-refractivity contribution in [1.82, 2.24) is 25.3 Å². The van der Waals surface area contributed by atoms with Gasteiger partial charge in [0.05, 0.1) is 6.54 Å². The van der Waals surface area contributed by atoms with Gasteiger partial charge in [0, 0.05) is 26.2 Å². The molecule has 1 aromatic heterocycles. The molecule has 0 radical (unpaired) electrons. The summed E-state index contributed by atoms with van der Waals surface area (Å²) in [6.07, 6.45) is 0.859. The second kappa shape index (κ2) is 9.54. The van der Waals surface area contributed by atoms with Crippen molar-refractivity contribution >= 4 is 17.7 Å². The summed E-state index contributed by atoms with van der Waals surface area (Å²) in [5.41, 5.74) is 0.531. The van der Waals surface area contributed by atoms with Gasteiger partial charge in [0.2, 0.25) is 5.91 Å². The summed E-state index contributed by atoms with van der Waals surface area (Å²) in [6.45, 7) is 9.13. The average molecular weight is 440 g/mol. The molecule has 2 heterocycles. The molecule has 0 bridgehead atoms. The predicted molar refractivity (Wildman–Crippen MR) is 122 cm³/mol. The Hall–Kier alpha value is -3.16. The summed E-state index contributed by atoms with van der Waals surface area (Å²) in [6, 6.07) is 11.4. The second-order valence-electron chi connectivity index (χ2n) is 9.17. The number of carbonyl (C=O) groups excluding carboxylic acids is 3. The third kappa shape index (κ3) is 4.84. The van der Waals surface area contributed by atoms with E-state index < -0.39 is 5.54 Å². The maximum atomic E-state index is 13.0. The molecule has 0 spiro atoms. The topological polar surface area (TPSA) is 96.3 Å². The van der Waals surface area contributed by atoms with E-state index in [0.717, 1.165) is 12.0 Å². The third-order valence-corrected chi connectivity index (χ3v) is 6.17. The Labute approximate surface area is 189 Å². The minimum atomic E-state index is -1.08. The van der Waals surface area contributed by atoms with Gasteiger partial charge >= 0.3 is 0 Å². The Kier molecular flexibility index (Phi) is 7.01. The van der Waals surface area contributed by atoms with Gasteiger partial charge in [0.25, 0.3) is 11.8 Å². The van der Waals surface area contributed by atoms with E-state index in [1.165, 1.54) is 15.6 Å². The Morgan fingerprint density at radius 2 is 1.84 bits per heavy atom. The molecule has 8 heteroatoms. The van der Waals surface area contributed by atoms with Gasteiger partial charge in [-0.1, -0.05) is 51.1 Å². The van der Waals surface area contributed by atoms with Crippen LogP contribution in [0.3, 0.4) is 0 Å².